The van der Waals surface area contributed by atoms with Crippen LogP contribution in [0, 0.1) is 0 Å². The summed E-state index contributed by atoms with van der Waals surface area (Å²) >= 11 is 6.48. The summed E-state index contributed by atoms with van der Waals surface area (Å²) in [5.41, 5.74) is 0. The largest absolute Gasteiger partial charge is 0.446 e. The molecule has 0 aliphatic carbocycles. The highest BCUT2D eigenvalue weighted by molar-refractivity contribution is 8.22. The summed E-state index contributed by atoms with van der Waals surface area (Å²) in [6.07, 6.45) is 0.117. The molecule has 0 radical (unpaired) electrons. The van der Waals surface area contributed by atoms with Gasteiger partial charge in [-0.3, -0.25) is 0 Å². The van der Waals surface area contributed by atoms with Gasteiger partial charge >= 0.3 is 0 Å². The zero-order valence-electron chi connectivity index (χ0n) is 13.4. The number of thiocarbonyl (C=S) groups is 1. The molecule has 0 aromatic carbocycles. The Morgan fingerprint density at radius 3 is 2.32 bits per heavy atom. The standard InChI is InChI=1S/C14H22O6S2/c1-13(2)15-6-7(18-13)8-9-10(20-14(3,4)19-9)11(16-8)17-12(21)22-5/h7-11H,6H2,1-5H3/t7-,8-,9-,10-,11-/m1/s1. The maximum Gasteiger partial charge on any atom is 0.231 e. The molecule has 5 atom stereocenters. The normalized spacial score (nSPS) is 42.3. The summed E-state index contributed by atoms with van der Waals surface area (Å²) in [6.45, 7) is 7.97. The highest BCUT2D eigenvalue weighted by atomic mass is 32.2. The monoisotopic (exact) mass is 350 g/mol. The Bertz CT molecular complexity index is 455. The van der Waals surface area contributed by atoms with Gasteiger partial charge in [0.1, 0.15) is 18.3 Å². The summed E-state index contributed by atoms with van der Waals surface area (Å²) in [7, 11) is 0. The lowest BCUT2D eigenvalue weighted by atomic mass is 10.1. The van der Waals surface area contributed by atoms with Gasteiger partial charge in [-0.1, -0.05) is 11.8 Å². The molecule has 3 fully saturated rings. The molecule has 3 aliphatic heterocycles. The van der Waals surface area contributed by atoms with Crippen molar-refractivity contribution in [2.24, 2.45) is 0 Å². The molecule has 0 aromatic heterocycles. The van der Waals surface area contributed by atoms with E-state index >= 15 is 0 Å². The highest BCUT2D eigenvalue weighted by Crippen LogP contribution is 2.42. The lowest BCUT2D eigenvalue weighted by molar-refractivity contribution is -0.231. The van der Waals surface area contributed by atoms with E-state index in [2.05, 4.69) is 0 Å². The maximum absolute atomic E-state index is 6.00. The molecule has 0 saturated carbocycles. The molecule has 0 bridgehead atoms. The second-order valence-electron chi connectivity index (χ2n) is 6.47. The van der Waals surface area contributed by atoms with Gasteiger partial charge in [-0.25, -0.2) is 0 Å². The van der Waals surface area contributed by atoms with Crippen molar-refractivity contribution in [1.82, 2.24) is 0 Å². The predicted octanol–water partition coefficient (Wildman–Crippen LogP) is 2.05. The molecule has 3 saturated heterocycles. The number of hydrogen-bond acceptors (Lipinski definition) is 8. The maximum atomic E-state index is 6.00. The van der Waals surface area contributed by atoms with Crippen LogP contribution in [0.5, 0.6) is 0 Å². The van der Waals surface area contributed by atoms with Gasteiger partial charge in [0, 0.05) is 0 Å². The average Bonchev–Trinajstić information content (AvgIpc) is 3.01. The third-order valence-corrected chi connectivity index (χ3v) is 4.85. The highest BCUT2D eigenvalue weighted by Gasteiger charge is 2.60. The van der Waals surface area contributed by atoms with Gasteiger partial charge in [0.15, 0.2) is 17.7 Å². The van der Waals surface area contributed by atoms with E-state index in [0.717, 1.165) is 0 Å². The molecule has 8 heteroatoms. The van der Waals surface area contributed by atoms with E-state index in [-0.39, 0.29) is 24.4 Å². The number of fused-ring (bicyclic) bond motifs is 1. The van der Waals surface area contributed by atoms with E-state index in [1.165, 1.54) is 11.8 Å². The van der Waals surface area contributed by atoms with Crippen LogP contribution >= 0.6 is 24.0 Å². The van der Waals surface area contributed by atoms with Gasteiger partial charge in [-0.05, 0) is 46.2 Å². The second-order valence-corrected chi connectivity index (χ2v) is 7.88. The fourth-order valence-electron chi connectivity index (χ4n) is 3.01. The van der Waals surface area contributed by atoms with Crippen LogP contribution in [0.2, 0.25) is 0 Å². The number of hydrogen-bond donors (Lipinski definition) is 0. The SMILES string of the molecule is CSC(=S)O[C@H]1O[C@H]([C@H]2COC(C)(C)O2)[C@H]2OC(C)(C)O[C@@H]12. The van der Waals surface area contributed by atoms with Crippen LogP contribution in [0.4, 0.5) is 0 Å². The first-order chi connectivity index (χ1) is 10.2. The first kappa shape index (κ1) is 16.9. The molecule has 3 heterocycles. The summed E-state index contributed by atoms with van der Waals surface area (Å²) in [5.74, 6) is -1.30. The van der Waals surface area contributed by atoms with E-state index in [4.69, 9.17) is 40.6 Å². The molecule has 22 heavy (non-hydrogen) atoms. The Morgan fingerprint density at radius 2 is 1.73 bits per heavy atom. The van der Waals surface area contributed by atoms with Crippen LogP contribution in [0.3, 0.4) is 0 Å². The van der Waals surface area contributed by atoms with Gasteiger partial charge in [-0.2, -0.15) is 0 Å². The number of ether oxygens (including phenoxy) is 6. The predicted molar refractivity (Wildman–Crippen MR) is 84.6 cm³/mol. The van der Waals surface area contributed by atoms with Gasteiger partial charge < -0.3 is 28.4 Å². The lowest BCUT2D eigenvalue weighted by Crippen LogP contribution is -2.40. The van der Waals surface area contributed by atoms with Crippen molar-refractivity contribution in [2.45, 2.75) is 70.0 Å². The molecule has 0 spiro atoms. The Labute approximate surface area is 140 Å². The van der Waals surface area contributed by atoms with Crippen LogP contribution in [0.15, 0.2) is 0 Å². The fourth-order valence-corrected chi connectivity index (χ4v) is 3.29. The first-order valence-corrected chi connectivity index (χ1v) is 8.91. The van der Waals surface area contributed by atoms with Crippen molar-refractivity contribution in [3.63, 3.8) is 0 Å². The van der Waals surface area contributed by atoms with E-state index in [1.54, 1.807) is 0 Å². The first-order valence-electron chi connectivity index (χ1n) is 7.28. The van der Waals surface area contributed by atoms with Crippen molar-refractivity contribution >= 4 is 28.4 Å². The molecule has 0 N–H and O–H groups in total. The smallest absolute Gasteiger partial charge is 0.231 e. The van der Waals surface area contributed by atoms with Gasteiger partial charge in [0.2, 0.25) is 10.7 Å². The molecule has 6 nitrogen and oxygen atoms in total. The van der Waals surface area contributed by atoms with Crippen molar-refractivity contribution in [3.05, 3.63) is 0 Å². The van der Waals surface area contributed by atoms with Crippen molar-refractivity contribution in [3.8, 4) is 0 Å². The Hall–Kier alpha value is 0.0400. The Morgan fingerprint density at radius 1 is 1.05 bits per heavy atom. The van der Waals surface area contributed by atoms with Crippen LogP contribution in [-0.4, -0.2) is 59.5 Å². The third-order valence-electron chi connectivity index (χ3n) is 3.82. The quantitative estimate of drug-likeness (QED) is 0.702. The Kier molecular flexibility index (Phi) is 4.48. The molecule has 3 rings (SSSR count). The molecule has 0 amide bonds. The molecule has 3 aliphatic rings. The van der Waals surface area contributed by atoms with Crippen LogP contribution in [-0.2, 0) is 28.4 Å². The summed E-state index contributed by atoms with van der Waals surface area (Å²) < 4.78 is 35.6. The average molecular weight is 350 g/mol. The van der Waals surface area contributed by atoms with Gasteiger partial charge in [0.05, 0.1) is 6.61 Å². The molecular formula is C14H22O6S2. The Balaban J connectivity index is 1.75. The molecule has 126 valence electrons. The molecular weight excluding hydrogens is 328 g/mol. The minimum Gasteiger partial charge on any atom is -0.446 e. The van der Waals surface area contributed by atoms with Crippen molar-refractivity contribution < 1.29 is 28.4 Å². The van der Waals surface area contributed by atoms with Crippen LogP contribution in [0.1, 0.15) is 27.7 Å². The molecule has 0 unspecified atom stereocenters. The summed E-state index contributed by atoms with van der Waals surface area (Å²) in [5, 5.41) is 0. The number of thioether (sulfide) groups is 1. The topological polar surface area (TPSA) is 55.4 Å². The van der Waals surface area contributed by atoms with Gasteiger partial charge in [-0.15, -0.1) is 0 Å². The van der Waals surface area contributed by atoms with Gasteiger partial charge in [0.25, 0.3) is 0 Å². The lowest BCUT2D eigenvalue weighted by Gasteiger charge is -2.26. The number of rotatable bonds is 2. The van der Waals surface area contributed by atoms with E-state index in [0.29, 0.717) is 11.0 Å². The van der Waals surface area contributed by atoms with E-state index in [9.17, 15) is 0 Å². The van der Waals surface area contributed by atoms with Crippen LogP contribution < -0.4 is 0 Å². The fraction of sp³-hybridized carbons (Fsp3) is 0.929. The molecule has 0 aromatic rings. The van der Waals surface area contributed by atoms with Crippen molar-refractivity contribution in [1.29, 1.82) is 0 Å². The summed E-state index contributed by atoms with van der Waals surface area (Å²) in [6, 6.07) is 0. The van der Waals surface area contributed by atoms with Crippen molar-refractivity contribution in [2.75, 3.05) is 12.9 Å². The van der Waals surface area contributed by atoms with E-state index in [1.807, 2.05) is 34.0 Å². The minimum atomic E-state index is -0.686. The van der Waals surface area contributed by atoms with Crippen LogP contribution in [0.25, 0.3) is 0 Å². The minimum absolute atomic E-state index is 0.226. The second kappa shape index (κ2) is 5.84. The zero-order chi connectivity index (χ0) is 16.1. The third kappa shape index (κ3) is 3.28. The summed E-state index contributed by atoms with van der Waals surface area (Å²) in [4.78, 5) is 0. The zero-order valence-corrected chi connectivity index (χ0v) is 15.0. The van der Waals surface area contributed by atoms with E-state index < -0.39 is 17.9 Å².